The second-order valence-electron chi connectivity index (χ2n) is 8.22. The highest BCUT2D eigenvalue weighted by Gasteiger charge is 2.50. The van der Waals surface area contributed by atoms with E-state index in [2.05, 4.69) is 29.1 Å². The summed E-state index contributed by atoms with van der Waals surface area (Å²) in [6, 6.07) is 8.78. The van der Waals surface area contributed by atoms with Crippen molar-refractivity contribution in [3.63, 3.8) is 0 Å². The Morgan fingerprint density at radius 3 is 2.54 bits per heavy atom. The van der Waals surface area contributed by atoms with Gasteiger partial charge in [-0.2, -0.15) is 0 Å². The first kappa shape index (κ1) is 18.0. The summed E-state index contributed by atoms with van der Waals surface area (Å²) in [5, 5.41) is 0. The van der Waals surface area contributed by atoms with Gasteiger partial charge in [-0.05, 0) is 56.1 Å². The molecular formula is C22H29NO3. The topological polar surface area (TPSA) is 32.0 Å². The van der Waals surface area contributed by atoms with Crippen molar-refractivity contribution in [3.8, 4) is 0 Å². The Bertz CT molecular complexity index is 618. The standard InChI is InChI=1S/C22H29NO3/c1-23-14-13-21-9-11-22(12-10-21,26-17-21)19-7-5-18(6-8-19)16-25-20-4-2-3-15-24-20/h5-8,20H,2-4,9-17H2. The van der Waals surface area contributed by atoms with Crippen molar-refractivity contribution >= 4 is 0 Å². The Kier molecular flexibility index (Phi) is 5.31. The third-order valence-corrected chi connectivity index (χ3v) is 6.58. The van der Waals surface area contributed by atoms with Crippen molar-refractivity contribution < 1.29 is 14.2 Å². The predicted octanol–water partition coefficient (Wildman–Crippen LogP) is 4.83. The Labute approximate surface area is 156 Å². The molecule has 2 bridgehead atoms. The maximum Gasteiger partial charge on any atom is 0.215 e. The normalized spacial score (nSPS) is 33.7. The monoisotopic (exact) mass is 355 g/mol. The molecule has 0 spiro atoms. The van der Waals surface area contributed by atoms with E-state index in [4.69, 9.17) is 20.8 Å². The first-order chi connectivity index (χ1) is 12.7. The molecule has 1 aliphatic carbocycles. The molecule has 1 saturated carbocycles. The molecule has 3 aliphatic heterocycles. The molecule has 3 heterocycles. The van der Waals surface area contributed by atoms with Crippen LogP contribution in [0.15, 0.2) is 24.3 Å². The highest BCUT2D eigenvalue weighted by molar-refractivity contribution is 5.29. The number of ether oxygens (including phenoxy) is 3. The van der Waals surface area contributed by atoms with Gasteiger partial charge < -0.3 is 19.1 Å². The summed E-state index contributed by atoms with van der Waals surface area (Å²) in [4.78, 5) is 3.55. The smallest absolute Gasteiger partial charge is 0.215 e. The largest absolute Gasteiger partial charge is 0.370 e. The lowest BCUT2D eigenvalue weighted by Crippen LogP contribution is -2.49. The Morgan fingerprint density at radius 2 is 1.92 bits per heavy atom. The lowest BCUT2D eigenvalue weighted by Gasteiger charge is -2.53. The van der Waals surface area contributed by atoms with Gasteiger partial charge >= 0.3 is 0 Å². The second-order valence-corrected chi connectivity index (χ2v) is 8.22. The highest BCUT2D eigenvalue weighted by Crippen LogP contribution is 2.54. The van der Waals surface area contributed by atoms with E-state index in [0.29, 0.717) is 13.2 Å². The Hall–Kier alpha value is -1.41. The third-order valence-electron chi connectivity index (χ3n) is 6.58. The molecule has 140 valence electrons. The minimum atomic E-state index is -0.105. The molecule has 1 unspecified atom stereocenters. The maximum absolute atomic E-state index is 7.05. The van der Waals surface area contributed by atoms with Crippen LogP contribution in [0.2, 0.25) is 0 Å². The molecule has 0 amide bonds. The summed E-state index contributed by atoms with van der Waals surface area (Å²) in [6.45, 7) is 9.93. The van der Waals surface area contributed by atoms with Crippen molar-refractivity contribution in [3.05, 3.63) is 46.8 Å². The SMILES string of the molecule is [C-]#[N+]CCC12CCC(c3ccc(COC4CCCCO4)cc3)(CC1)OC2. The van der Waals surface area contributed by atoms with Crippen LogP contribution >= 0.6 is 0 Å². The quantitative estimate of drug-likeness (QED) is 0.685. The van der Waals surface area contributed by atoms with E-state index in [-0.39, 0.29) is 17.3 Å². The van der Waals surface area contributed by atoms with Gasteiger partial charge in [-0.25, -0.2) is 6.57 Å². The molecule has 1 aromatic carbocycles. The van der Waals surface area contributed by atoms with Crippen LogP contribution in [0, 0.1) is 12.0 Å². The van der Waals surface area contributed by atoms with Gasteiger partial charge in [0, 0.05) is 18.4 Å². The van der Waals surface area contributed by atoms with Crippen molar-refractivity contribution in [2.24, 2.45) is 5.41 Å². The second kappa shape index (κ2) is 7.68. The molecule has 0 aromatic heterocycles. The van der Waals surface area contributed by atoms with Crippen LogP contribution in [0.5, 0.6) is 0 Å². The van der Waals surface area contributed by atoms with Crippen molar-refractivity contribution in [2.45, 2.75) is 69.9 Å². The van der Waals surface area contributed by atoms with Crippen molar-refractivity contribution in [1.29, 1.82) is 0 Å². The molecule has 26 heavy (non-hydrogen) atoms. The van der Waals surface area contributed by atoms with E-state index in [1.165, 1.54) is 30.4 Å². The molecule has 3 saturated heterocycles. The van der Waals surface area contributed by atoms with Crippen LogP contribution in [-0.2, 0) is 26.4 Å². The van der Waals surface area contributed by atoms with Gasteiger partial charge in [-0.3, -0.25) is 0 Å². The summed E-state index contributed by atoms with van der Waals surface area (Å²) in [6.07, 6.45) is 8.84. The number of rotatable bonds is 6. The summed E-state index contributed by atoms with van der Waals surface area (Å²) < 4.78 is 17.9. The summed E-state index contributed by atoms with van der Waals surface area (Å²) in [5.74, 6) is 0. The Morgan fingerprint density at radius 1 is 1.12 bits per heavy atom. The van der Waals surface area contributed by atoms with Gasteiger partial charge in [-0.15, -0.1) is 0 Å². The highest BCUT2D eigenvalue weighted by atomic mass is 16.7. The van der Waals surface area contributed by atoms with Gasteiger partial charge in [0.1, 0.15) is 0 Å². The number of benzene rings is 1. The number of hydrogen-bond acceptors (Lipinski definition) is 3. The van der Waals surface area contributed by atoms with Gasteiger partial charge in [-0.1, -0.05) is 24.3 Å². The molecule has 1 atom stereocenters. The van der Waals surface area contributed by atoms with E-state index in [9.17, 15) is 0 Å². The molecule has 4 aliphatic rings. The van der Waals surface area contributed by atoms with E-state index < -0.39 is 0 Å². The maximum atomic E-state index is 7.05. The van der Waals surface area contributed by atoms with Crippen LogP contribution < -0.4 is 0 Å². The average Bonchev–Trinajstić information content (AvgIpc) is 2.73. The van der Waals surface area contributed by atoms with E-state index in [0.717, 1.165) is 45.3 Å². The average molecular weight is 355 g/mol. The first-order valence-corrected chi connectivity index (χ1v) is 10.0. The van der Waals surface area contributed by atoms with Gasteiger partial charge in [0.25, 0.3) is 0 Å². The molecule has 5 rings (SSSR count). The van der Waals surface area contributed by atoms with Gasteiger partial charge in [0.2, 0.25) is 6.54 Å². The molecule has 0 radical (unpaired) electrons. The van der Waals surface area contributed by atoms with Gasteiger partial charge in [0.05, 0.1) is 18.8 Å². The van der Waals surface area contributed by atoms with Crippen LogP contribution in [0.4, 0.5) is 0 Å². The summed E-state index contributed by atoms with van der Waals surface area (Å²) in [7, 11) is 0. The molecule has 4 fully saturated rings. The lowest BCUT2D eigenvalue weighted by molar-refractivity contribution is -0.190. The fourth-order valence-corrected chi connectivity index (χ4v) is 4.69. The first-order valence-electron chi connectivity index (χ1n) is 10.0. The molecular weight excluding hydrogens is 326 g/mol. The number of nitrogens with zero attached hydrogens (tertiary/aromatic N) is 1. The van der Waals surface area contributed by atoms with Crippen molar-refractivity contribution in [2.75, 3.05) is 19.8 Å². The van der Waals surface area contributed by atoms with Crippen LogP contribution in [0.25, 0.3) is 4.85 Å². The van der Waals surface area contributed by atoms with E-state index in [1.807, 2.05) is 0 Å². The Balaban J connectivity index is 1.35. The molecule has 4 nitrogen and oxygen atoms in total. The zero-order chi connectivity index (χ0) is 17.9. The molecule has 0 N–H and O–H groups in total. The van der Waals surface area contributed by atoms with Crippen LogP contribution in [-0.4, -0.2) is 26.0 Å². The fourth-order valence-electron chi connectivity index (χ4n) is 4.69. The minimum absolute atomic E-state index is 0.0365. The summed E-state index contributed by atoms with van der Waals surface area (Å²) >= 11 is 0. The predicted molar refractivity (Wildman–Crippen MR) is 99.4 cm³/mol. The van der Waals surface area contributed by atoms with Crippen molar-refractivity contribution in [1.82, 2.24) is 0 Å². The third kappa shape index (κ3) is 3.67. The van der Waals surface area contributed by atoms with Crippen LogP contribution in [0.3, 0.4) is 0 Å². The zero-order valence-electron chi connectivity index (χ0n) is 15.5. The molecule has 4 heteroatoms. The number of fused-ring (bicyclic) bond motifs is 3. The lowest BCUT2D eigenvalue weighted by atomic mass is 9.63. The summed E-state index contributed by atoms with van der Waals surface area (Å²) in [5.41, 5.74) is 2.65. The van der Waals surface area contributed by atoms with E-state index in [1.54, 1.807) is 0 Å². The van der Waals surface area contributed by atoms with Gasteiger partial charge in [0.15, 0.2) is 6.29 Å². The molecule has 1 aromatic rings. The van der Waals surface area contributed by atoms with Crippen LogP contribution in [0.1, 0.15) is 62.5 Å². The fraction of sp³-hybridized carbons (Fsp3) is 0.682. The minimum Gasteiger partial charge on any atom is -0.370 e. The zero-order valence-corrected chi connectivity index (χ0v) is 15.5. The number of hydrogen-bond donors (Lipinski definition) is 0. The van der Waals surface area contributed by atoms with E-state index >= 15 is 0 Å².